The van der Waals surface area contributed by atoms with Gasteiger partial charge in [-0.15, -0.1) is 0 Å². The van der Waals surface area contributed by atoms with E-state index in [9.17, 15) is 19.2 Å². The van der Waals surface area contributed by atoms with Crippen molar-refractivity contribution < 1.29 is 19.2 Å². The van der Waals surface area contributed by atoms with E-state index in [1.807, 2.05) is 20.8 Å². The van der Waals surface area contributed by atoms with Gasteiger partial charge in [-0.1, -0.05) is 13.8 Å². The molecule has 8 nitrogen and oxygen atoms in total. The molecule has 0 bridgehead atoms. The highest BCUT2D eigenvalue weighted by molar-refractivity contribution is 5.95. The predicted octanol–water partition coefficient (Wildman–Crippen LogP) is -0.0770. The smallest absolute Gasteiger partial charge is 0.245 e. The first-order valence-electron chi connectivity index (χ1n) is 9.51. The molecular formula is C18H30N4O4. The van der Waals surface area contributed by atoms with Gasteiger partial charge in [-0.05, 0) is 38.5 Å². The molecule has 2 aliphatic heterocycles. The molecule has 3 atom stereocenters. The maximum atomic E-state index is 13.1. The highest BCUT2D eigenvalue weighted by Gasteiger charge is 2.38. The van der Waals surface area contributed by atoms with Crippen molar-refractivity contribution >= 4 is 23.6 Å². The second-order valence-electron chi connectivity index (χ2n) is 7.43. The van der Waals surface area contributed by atoms with E-state index in [0.29, 0.717) is 38.8 Å². The Morgan fingerprint density at radius 2 is 1.96 bits per heavy atom. The normalized spacial score (nSPS) is 23.7. The fraction of sp³-hybridized carbons (Fsp3) is 0.778. The van der Waals surface area contributed by atoms with Crippen LogP contribution in [0.2, 0.25) is 0 Å². The Balaban J connectivity index is 2.07. The molecule has 0 aliphatic carbocycles. The van der Waals surface area contributed by atoms with Gasteiger partial charge >= 0.3 is 0 Å². The number of amides is 4. The summed E-state index contributed by atoms with van der Waals surface area (Å²) >= 11 is 0. The Morgan fingerprint density at radius 3 is 2.54 bits per heavy atom. The van der Waals surface area contributed by atoms with E-state index >= 15 is 0 Å². The first-order valence-corrected chi connectivity index (χ1v) is 9.51. The Hall–Kier alpha value is -2.12. The number of nitrogens with zero attached hydrogens (tertiary/aromatic N) is 1. The number of nitrogens with one attached hydrogen (secondary N) is 3. The number of rotatable bonds is 7. The van der Waals surface area contributed by atoms with Crippen molar-refractivity contribution in [3.05, 3.63) is 0 Å². The van der Waals surface area contributed by atoms with Crippen molar-refractivity contribution in [3.8, 4) is 0 Å². The van der Waals surface area contributed by atoms with Crippen LogP contribution in [0.25, 0.3) is 0 Å². The lowest BCUT2D eigenvalue weighted by Crippen LogP contribution is -2.56. The number of hydrogen-bond acceptors (Lipinski definition) is 4. The Bertz CT molecular complexity index is 563. The van der Waals surface area contributed by atoms with Crippen LogP contribution in [0.5, 0.6) is 0 Å². The van der Waals surface area contributed by atoms with E-state index in [0.717, 1.165) is 6.42 Å². The predicted molar refractivity (Wildman–Crippen MR) is 96.0 cm³/mol. The summed E-state index contributed by atoms with van der Waals surface area (Å²) in [4.78, 5) is 50.7. The van der Waals surface area contributed by atoms with Crippen molar-refractivity contribution in [2.45, 2.75) is 71.0 Å². The highest BCUT2D eigenvalue weighted by Crippen LogP contribution is 2.20. The van der Waals surface area contributed by atoms with Crippen molar-refractivity contribution in [1.29, 1.82) is 0 Å². The third-order valence-corrected chi connectivity index (χ3v) is 4.82. The van der Waals surface area contributed by atoms with Gasteiger partial charge in [-0.25, -0.2) is 0 Å². The summed E-state index contributed by atoms with van der Waals surface area (Å²) < 4.78 is 0. The standard InChI is InChI=1S/C18H30N4O4/c1-4-19-17(25)14-6-5-9-22(14)18(26)13(10-11(2)3)21-16(24)12-7-8-15(23)20-12/h11-14H,4-10H2,1-3H3,(H,19,25)(H,20,23)(H,21,24)/t12-,13-,14-/m0/s1. The molecule has 2 saturated heterocycles. The van der Waals surface area contributed by atoms with Crippen molar-refractivity contribution in [2.24, 2.45) is 5.92 Å². The second kappa shape index (κ2) is 9.00. The van der Waals surface area contributed by atoms with Gasteiger partial charge in [0.2, 0.25) is 23.6 Å². The lowest BCUT2D eigenvalue weighted by molar-refractivity contribution is -0.142. The number of likely N-dealkylation sites (tertiary alicyclic amines) is 1. The molecule has 0 aromatic heterocycles. The summed E-state index contributed by atoms with van der Waals surface area (Å²) in [7, 11) is 0. The van der Waals surface area contributed by atoms with E-state index < -0.39 is 18.1 Å². The fourth-order valence-electron chi connectivity index (χ4n) is 3.57. The van der Waals surface area contributed by atoms with Crippen molar-refractivity contribution in [3.63, 3.8) is 0 Å². The number of hydrogen-bond donors (Lipinski definition) is 3. The molecule has 2 heterocycles. The van der Waals surface area contributed by atoms with Crippen LogP contribution in [0.4, 0.5) is 0 Å². The molecular weight excluding hydrogens is 336 g/mol. The Kier molecular flexibility index (Phi) is 6.99. The molecule has 8 heteroatoms. The van der Waals surface area contributed by atoms with Crippen LogP contribution in [-0.4, -0.2) is 59.7 Å². The minimum atomic E-state index is -0.685. The van der Waals surface area contributed by atoms with Gasteiger partial charge in [0.15, 0.2) is 0 Å². The third kappa shape index (κ3) is 4.95. The SMILES string of the molecule is CCNC(=O)[C@@H]1CCCN1C(=O)[C@H](CC(C)C)NC(=O)[C@@H]1CCC(=O)N1. The van der Waals surface area contributed by atoms with Crippen LogP contribution in [-0.2, 0) is 19.2 Å². The minimum Gasteiger partial charge on any atom is -0.355 e. The maximum Gasteiger partial charge on any atom is 0.245 e. The van der Waals surface area contributed by atoms with E-state index in [1.54, 1.807) is 4.90 Å². The van der Waals surface area contributed by atoms with E-state index in [1.165, 1.54) is 0 Å². The van der Waals surface area contributed by atoms with E-state index in [4.69, 9.17) is 0 Å². The lowest BCUT2D eigenvalue weighted by Gasteiger charge is -2.30. The third-order valence-electron chi connectivity index (χ3n) is 4.82. The molecule has 0 unspecified atom stereocenters. The average Bonchev–Trinajstić information content (AvgIpc) is 3.22. The molecule has 0 radical (unpaired) electrons. The molecule has 0 spiro atoms. The Labute approximate surface area is 154 Å². The molecule has 2 fully saturated rings. The minimum absolute atomic E-state index is 0.143. The molecule has 2 rings (SSSR count). The van der Waals surface area contributed by atoms with Crippen LogP contribution < -0.4 is 16.0 Å². The molecule has 4 amide bonds. The number of carbonyl (C=O) groups is 4. The summed E-state index contributed by atoms with van der Waals surface area (Å²) in [5, 5.41) is 8.20. The first kappa shape index (κ1) is 20.2. The van der Waals surface area contributed by atoms with Gasteiger partial charge in [0, 0.05) is 19.5 Å². The molecule has 0 aromatic carbocycles. The number of likely N-dealkylation sites (N-methyl/N-ethyl adjacent to an activating group) is 1. The summed E-state index contributed by atoms with van der Waals surface area (Å²) in [5.74, 6) is -0.634. The van der Waals surface area contributed by atoms with Crippen LogP contribution in [0.3, 0.4) is 0 Å². The average molecular weight is 366 g/mol. The second-order valence-corrected chi connectivity index (χ2v) is 7.43. The van der Waals surface area contributed by atoms with Crippen LogP contribution >= 0.6 is 0 Å². The van der Waals surface area contributed by atoms with Gasteiger partial charge in [0.1, 0.15) is 18.1 Å². The van der Waals surface area contributed by atoms with Crippen LogP contribution in [0, 0.1) is 5.92 Å². The topological polar surface area (TPSA) is 108 Å². The molecule has 0 aromatic rings. The quantitative estimate of drug-likeness (QED) is 0.586. The molecule has 3 N–H and O–H groups in total. The molecule has 26 heavy (non-hydrogen) atoms. The number of carbonyl (C=O) groups excluding carboxylic acids is 4. The zero-order valence-electron chi connectivity index (χ0n) is 15.8. The maximum absolute atomic E-state index is 13.1. The van der Waals surface area contributed by atoms with Crippen LogP contribution in [0.15, 0.2) is 0 Å². The summed E-state index contributed by atoms with van der Waals surface area (Å²) in [6, 6.07) is -1.74. The zero-order chi connectivity index (χ0) is 19.3. The van der Waals surface area contributed by atoms with Gasteiger partial charge in [0.25, 0.3) is 0 Å². The van der Waals surface area contributed by atoms with E-state index in [-0.39, 0.29) is 29.5 Å². The van der Waals surface area contributed by atoms with Crippen molar-refractivity contribution in [2.75, 3.05) is 13.1 Å². The van der Waals surface area contributed by atoms with Gasteiger partial charge in [-0.2, -0.15) is 0 Å². The van der Waals surface area contributed by atoms with Gasteiger partial charge < -0.3 is 20.9 Å². The first-order chi connectivity index (χ1) is 12.3. The van der Waals surface area contributed by atoms with Gasteiger partial charge in [-0.3, -0.25) is 19.2 Å². The molecule has 146 valence electrons. The molecule has 0 saturated carbocycles. The van der Waals surface area contributed by atoms with Crippen LogP contribution in [0.1, 0.15) is 52.9 Å². The summed E-state index contributed by atoms with van der Waals surface area (Å²) in [6.07, 6.45) is 2.67. The summed E-state index contributed by atoms with van der Waals surface area (Å²) in [5.41, 5.74) is 0. The fourth-order valence-corrected chi connectivity index (χ4v) is 3.57. The lowest BCUT2D eigenvalue weighted by atomic mass is 10.0. The monoisotopic (exact) mass is 366 g/mol. The van der Waals surface area contributed by atoms with E-state index in [2.05, 4.69) is 16.0 Å². The Morgan fingerprint density at radius 1 is 1.23 bits per heavy atom. The molecule has 2 aliphatic rings. The zero-order valence-corrected chi connectivity index (χ0v) is 15.8. The van der Waals surface area contributed by atoms with Crippen molar-refractivity contribution in [1.82, 2.24) is 20.9 Å². The van der Waals surface area contributed by atoms with Gasteiger partial charge in [0.05, 0.1) is 0 Å². The highest BCUT2D eigenvalue weighted by atomic mass is 16.2. The largest absolute Gasteiger partial charge is 0.355 e. The summed E-state index contributed by atoms with van der Waals surface area (Å²) in [6.45, 7) is 6.84.